The Balaban J connectivity index is 1.91. The third-order valence-electron chi connectivity index (χ3n) is 3.49. The van der Waals surface area contributed by atoms with Crippen molar-refractivity contribution in [3.8, 4) is 0 Å². The monoisotopic (exact) mass is 271 g/mol. The fourth-order valence-corrected chi connectivity index (χ4v) is 2.36. The first kappa shape index (κ1) is 14.4. The quantitative estimate of drug-likeness (QED) is 0.862. The number of rotatable bonds is 5. The van der Waals surface area contributed by atoms with Gasteiger partial charge in [0.15, 0.2) is 0 Å². The molecule has 0 spiro atoms. The average Bonchev–Trinajstić information content (AvgIpc) is 2.89. The first-order chi connectivity index (χ1) is 9.09. The van der Waals surface area contributed by atoms with E-state index < -0.39 is 17.7 Å². The Morgan fingerprint density at radius 3 is 2.68 bits per heavy atom. The van der Waals surface area contributed by atoms with Crippen LogP contribution in [-0.2, 0) is 4.74 Å². The number of hydrogen-bond acceptors (Lipinski definition) is 3. The van der Waals surface area contributed by atoms with Gasteiger partial charge in [-0.25, -0.2) is 8.78 Å². The molecule has 1 fully saturated rings. The maximum Gasteiger partial charge on any atom is 0.131 e. The van der Waals surface area contributed by atoms with Crippen molar-refractivity contribution in [3.05, 3.63) is 35.4 Å². The second-order valence-corrected chi connectivity index (χ2v) is 4.90. The van der Waals surface area contributed by atoms with Crippen LogP contribution < -0.4 is 5.32 Å². The molecule has 3 nitrogen and oxygen atoms in total. The van der Waals surface area contributed by atoms with Crippen molar-refractivity contribution in [2.75, 3.05) is 13.2 Å². The van der Waals surface area contributed by atoms with Gasteiger partial charge in [-0.05, 0) is 31.9 Å². The van der Waals surface area contributed by atoms with Crippen LogP contribution in [0.5, 0.6) is 0 Å². The smallest absolute Gasteiger partial charge is 0.131 e. The van der Waals surface area contributed by atoms with Gasteiger partial charge in [0, 0.05) is 19.2 Å². The molecule has 3 unspecified atom stereocenters. The maximum absolute atomic E-state index is 13.5. The third kappa shape index (κ3) is 3.49. The van der Waals surface area contributed by atoms with E-state index in [9.17, 15) is 13.9 Å². The second-order valence-electron chi connectivity index (χ2n) is 4.90. The summed E-state index contributed by atoms with van der Waals surface area (Å²) in [6, 6.07) is 3.62. The van der Waals surface area contributed by atoms with E-state index in [-0.39, 0.29) is 24.3 Å². The van der Waals surface area contributed by atoms with Crippen molar-refractivity contribution < 1.29 is 18.6 Å². The largest absolute Gasteiger partial charge is 0.387 e. The molecular weight excluding hydrogens is 252 g/mol. The lowest BCUT2D eigenvalue weighted by Crippen LogP contribution is -2.39. The predicted octanol–water partition coefficient (Wildman–Crippen LogP) is 2.16. The normalized spacial score (nSPS) is 22.4. The van der Waals surface area contributed by atoms with Crippen molar-refractivity contribution in [2.45, 2.75) is 38.0 Å². The van der Waals surface area contributed by atoms with Crippen LogP contribution in [0.4, 0.5) is 8.78 Å². The van der Waals surface area contributed by atoms with Gasteiger partial charge >= 0.3 is 0 Å². The molecule has 0 radical (unpaired) electrons. The molecule has 1 heterocycles. The minimum Gasteiger partial charge on any atom is -0.387 e. The van der Waals surface area contributed by atoms with Gasteiger partial charge in [0.1, 0.15) is 11.6 Å². The molecule has 1 aliphatic rings. The number of benzene rings is 1. The predicted molar refractivity (Wildman–Crippen MR) is 67.8 cm³/mol. The summed E-state index contributed by atoms with van der Waals surface area (Å²) in [5, 5.41) is 13.0. The Bertz CT molecular complexity index is 402. The van der Waals surface area contributed by atoms with Crippen molar-refractivity contribution in [1.29, 1.82) is 0 Å². The molecule has 1 aromatic rings. The van der Waals surface area contributed by atoms with Gasteiger partial charge in [0.25, 0.3) is 0 Å². The number of aliphatic hydroxyl groups excluding tert-OH is 1. The lowest BCUT2D eigenvalue weighted by molar-refractivity contribution is 0.0758. The van der Waals surface area contributed by atoms with E-state index in [0.29, 0.717) is 0 Å². The molecule has 19 heavy (non-hydrogen) atoms. The molecule has 1 aliphatic heterocycles. The van der Waals surface area contributed by atoms with E-state index in [1.807, 2.05) is 6.92 Å². The van der Waals surface area contributed by atoms with E-state index in [2.05, 4.69) is 5.32 Å². The Morgan fingerprint density at radius 2 is 2.11 bits per heavy atom. The van der Waals surface area contributed by atoms with E-state index >= 15 is 0 Å². The summed E-state index contributed by atoms with van der Waals surface area (Å²) in [7, 11) is 0. The molecular formula is C14H19F2NO2. The number of ether oxygens (including phenoxy) is 1. The van der Waals surface area contributed by atoms with Crippen LogP contribution in [0, 0.1) is 11.6 Å². The summed E-state index contributed by atoms with van der Waals surface area (Å²) in [5.74, 6) is -1.45. The van der Waals surface area contributed by atoms with Gasteiger partial charge in [-0.15, -0.1) is 0 Å². The summed E-state index contributed by atoms with van der Waals surface area (Å²) >= 11 is 0. The molecule has 106 valence electrons. The highest BCUT2D eigenvalue weighted by atomic mass is 19.1. The Labute approximate surface area is 111 Å². The lowest BCUT2D eigenvalue weighted by atomic mass is 10.1. The van der Waals surface area contributed by atoms with Crippen molar-refractivity contribution >= 4 is 0 Å². The highest BCUT2D eigenvalue weighted by Gasteiger charge is 2.24. The molecule has 2 N–H and O–H groups in total. The SMILES string of the molecule is CC(NCC(O)c1c(F)cccc1F)C1CCCO1. The number of halogens is 2. The fraction of sp³-hybridized carbons (Fsp3) is 0.571. The van der Waals surface area contributed by atoms with Crippen LogP contribution >= 0.6 is 0 Å². The molecule has 0 bridgehead atoms. The molecule has 1 aromatic carbocycles. The van der Waals surface area contributed by atoms with Gasteiger partial charge in [-0.2, -0.15) is 0 Å². The van der Waals surface area contributed by atoms with Crippen LogP contribution in [-0.4, -0.2) is 30.4 Å². The lowest BCUT2D eigenvalue weighted by Gasteiger charge is -2.22. The minimum absolute atomic E-state index is 0.0481. The molecule has 2 rings (SSSR count). The zero-order valence-electron chi connectivity index (χ0n) is 10.9. The first-order valence-electron chi connectivity index (χ1n) is 6.56. The summed E-state index contributed by atoms with van der Waals surface area (Å²) in [5.41, 5.74) is -0.283. The molecule has 3 atom stereocenters. The van der Waals surface area contributed by atoms with E-state index in [1.54, 1.807) is 0 Å². The Morgan fingerprint density at radius 1 is 1.42 bits per heavy atom. The molecule has 0 amide bonds. The standard InChI is InChI=1S/C14H19F2NO2/c1-9(13-6-3-7-19-13)17-8-12(18)14-10(15)4-2-5-11(14)16/h2,4-5,9,12-13,17-18H,3,6-8H2,1H3. The van der Waals surface area contributed by atoms with E-state index in [1.165, 1.54) is 6.07 Å². The van der Waals surface area contributed by atoms with Crippen molar-refractivity contribution in [1.82, 2.24) is 5.32 Å². The topological polar surface area (TPSA) is 41.5 Å². The summed E-state index contributed by atoms with van der Waals surface area (Å²) in [4.78, 5) is 0. The molecule has 0 saturated carbocycles. The zero-order valence-corrected chi connectivity index (χ0v) is 10.9. The van der Waals surface area contributed by atoms with E-state index in [0.717, 1.165) is 31.6 Å². The summed E-state index contributed by atoms with van der Waals surface area (Å²) in [6.07, 6.45) is 0.905. The van der Waals surface area contributed by atoms with Crippen molar-refractivity contribution in [2.24, 2.45) is 0 Å². The fourth-order valence-electron chi connectivity index (χ4n) is 2.36. The highest BCUT2D eigenvalue weighted by molar-refractivity contribution is 5.22. The average molecular weight is 271 g/mol. The highest BCUT2D eigenvalue weighted by Crippen LogP contribution is 2.21. The minimum atomic E-state index is -1.20. The van der Waals surface area contributed by atoms with Crippen LogP contribution in [0.3, 0.4) is 0 Å². The van der Waals surface area contributed by atoms with Crippen LogP contribution in [0.15, 0.2) is 18.2 Å². The first-order valence-corrected chi connectivity index (χ1v) is 6.56. The second kappa shape index (κ2) is 6.41. The molecule has 0 aromatic heterocycles. The number of hydrogen-bond donors (Lipinski definition) is 2. The Hall–Kier alpha value is -1.04. The van der Waals surface area contributed by atoms with Crippen LogP contribution in [0.25, 0.3) is 0 Å². The summed E-state index contributed by atoms with van der Waals surface area (Å²) in [6.45, 7) is 2.79. The van der Waals surface area contributed by atoms with Gasteiger partial charge in [0.2, 0.25) is 0 Å². The Kier molecular flexibility index (Phi) is 4.85. The van der Waals surface area contributed by atoms with Gasteiger partial charge < -0.3 is 15.2 Å². The zero-order chi connectivity index (χ0) is 13.8. The van der Waals surface area contributed by atoms with Crippen molar-refractivity contribution in [3.63, 3.8) is 0 Å². The molecule has 1 saturated heterocycles. The van der Waals surface area contributed by atoms with E-state index in [4.69, 9.17) is 4.74 Å². The van der Waals surface area contributed by atoms with Gasteiger partial charge in [-0.3, -0.25) is 0 Å². The number of aliphatic hydroxyl groups is 1. The third-order valence-corrected chi connectivity index (χ3v) is 3.49. The molecule has 5 heteroatoms. The maximum atomic E-state index is 13.5. The number of nitrogens with one attached hydrogen (secondary N) is 1. The summed E-state index contributed by atoms with van der Waals surface area (Å²) < 4.78 is 32.5. The van der Waals surface area contributed by atoms with Gasteiger partial charge in [-0.1, -0.05) is 6.07 Å². The van der Waals surface area contributed by atoms with Crippen LogP contribution in [0.2, 0.25) is 0 Å². The van der Waals surface area contributed by atoms with Gasteiger partial charge in [0.05, 0.1) is 17.8 Å². The van der Waals surface area contributed by atoms with Crippen LogP contribution in [0.1, 0.15) is 31.4 Å². The molecule has 0 aliphatic carbocycles.